The number of benzene rings is 2. The quantitative estimate of drug-likeness (QED) is 0.852. The Morgan fingerprint density at radius 1 is 1.00 bits per heavy atom. The predicted molar refractivity (Wildman–Crippen MR) is 85.5 cm³/mol. The third-order valence-electron chi connectivity index (χ3n) is 3.96. The number of hydrogen-bond donors (Lipinski definition) is 1. The lowest BCUT2D eigenvalue weighted by molar-refractivity contribution is 0.559. The molecule has 102 valence electrons. The summed E-state index contributed by atoms with van der Waals surface area (Å²) in [7, 11) is 0. The molecule has 0 spiro atoms. The predicted octanol–water partition coefficient (Wildman–Crippen LogP) is 4.19. The molecule has 3 rings (SSSR count). The van der Waals surface area contributed by atoms with Gasteiger partial charge in [-0.15, -0.1) is 0 Å². The van der Waals surface area contributed by atoms with E-state index in [4.69, 9.17) is 0 Å². The summed E-state index contributed by atoms with van der Waals surface area (Å²) in [6.45, 7) is 3.21. The van der Waals surface area contributed by atoms with Crippen LogP contribution >= 0.6 is 0 Å². The number of fused-ring (bicyclic) bond motifs is 1. The molecule has 0 radical (unpaired) electrons. The van der Waals surface area contributed by atoms with Crippen molar-refractivity contribution < 1.29 is 0 Å². The first-order valence-corrected chi connectivity index (χ1v) is 7.37. The van der Waals surface area contributed by atoms with Crippen LogP contribution in [0.1, 0.15) is 30.0 Å². The molecule has 0 heterocycles. The van der Waals surface area contributed by atoms with Gasteiger partial charge in [-0.05, 0) is 42.0 Å². The summed E-state index contributed by atoms with van der Waals surface area (Å²) in [5, 5.41) is 3.62. The summed E-state index contributed by atoms with van der Waals surface area (Å²) in [4.78, 5) is 0. The molecule has 0 saturated heterocycles. The topological polar surface area (TPSA) is 12.0 Å². The molecule has 0 aromatic heterocycles. The van der Waals surface area contributed by atoms with Crippen molar-refractivity contribution in [1.82, 2.24) is 5.32 Å². The van der Waals surface area contributed by atoms with Gasteiger partial charge in [0, 0.05) is 12.6 Å². The molecule has 0 unspecified atom stereocenters. The zero-order valence-corrected chi connectivity index (χ0v) is 12.0. The van der Waals surface area contributed by atoms with Crippen molar-refractivity contribution in [2.24, 2.45) is 0 Å². The molecule has 0 saturated carbocycles. The Morgan fingerprint density at radius 2 is 1.75 bits per heavy atom. The first-order valence-electron chi connectivity index (χ1n) is 7.37. The minimum Gasteiger partial charge on any atom is -0.310 e. The van der Waals surface area contributed by atoms with Gasteiger partial charge in [-0.2, -0.15) is 0 Å². The fourth-order valence-electron chi connectivity index (χ4n) is 2.84. The lowest BCUT2D eigenvalue weighted by Gasteiger charge is -2.15. The van der Waals surface area contributed by atoms with Crippen LogP contribution in [0.25, 0.3) is 5.57 Å². The molecular formula is C19H21N. The minimum atomic E-state index is 0.493. The molecule has 1 aliphatic carbocycles. The van der Waals surface area contributed by atoms with Crippen molar-refractivity contribution in [3.05, 3.63) is 77.4 Å². The smallest absolute Gasteiger partial charge is 0.0208 e. The van der Waals surface area contributed by atoms with Gasteiger partial charge in [-0.1, -0.05) is 60.7 Å². The molecule has 0 aliphatic heterocycles. The van der Waals surface area contributed by atoms with Crippen LogP contribution in [0.5, 0.6) is 0 Å². The van der Waals surface area contributed by atoms with Crippen LogP contribution in [0.4, 0.5) is 0 Å². The molecule has 0 bridgehead atoms. The van der Waals surface area contributed by atoms with E-state index >= 15 is 0 Å². The highest BCUT2D eigenvalue weighted by atomic mass is 14.9. The van der Waals surface area contributed by atoms with E-state index in [1.54, 1.807) is 0 Å². The highest BCUT2D eigenvalue weighted by Crippen LogP contribution is 2.30. The first kappa shape index (κ1) is 13.1. The SMILES string of the molecule is C[C@H](CC1=CCc2ccccc21)NCc1ccccc1. The summed E-state index contributed by atoms with van der Waals surface area (Å²) in [5.74, 6) is 0. The van der Waals surface area contributed by atoms with E-state index in [0.29, 0.717) is 6.04 Å². The van der Waals surface area contributed by atoms with E-state index in [1.807, 2.05) is 0 Å². The number of nitrogens with one attached hydrogen (secondary N) is 1. The van der Waals surface area contributed by atoms with Crippen molar-refractivity contribution in [2.75, 3.05) is 0 Å². The second-order valence-corrected chi connectivity index (χ2v) is 5.56. The number of rotatable bonds is 5. The second kappa shape index (κ2) is 6.06. The van der Waals surface area contributed by atoms with Gasteiger partial charge in [0.05, 0.1) is 0 Å². The molecule has 0 amide bonds. The minimum absolute atomic E-state index is 0.493. The fraction of sp³-hybridized carbons (Fsp3) is 0.263. The van der Waals surface area contributed by atoms with Gasteiger partial charge in [0.2, 0.25) is 0 Å². The van der Waals surface area contributed by atoms with Crippen molar-refractivity contribution in [1.29, 1.82) is 0 Å². The average Bonchev–Trinajstić information content (AvgIpc) is 2.90. The van der Waals surface area contributed by atoms with Gasteiger partial charge in [0.25, 0.3) is 0 Å². The van der Waals surface area contributed by atoms with E-state index < -0.39 is 0 Å². The maximum atomic E-state index is 3.62. The summed E-state index contributed by atoms with van der Waals surface area (Å²) < 4.78 is 0. The van der Waals surface area contributed by atoms with Crippen molar-refractivity contribution in [2.45, 2.75) is 32.4 Å². The Bertz CT molecular complexity index is 598. The van der Waals surface area contributed by atoms with Gasteiger partial charge in [0.15, 0.2) is 0 Å². The third kappa shape index (κ3) is 3.00. The molecule has 2 aromatic carbocycles. The molecular weight excluding hydrogens is 242 g/mol. The van der Waals surface area contributed by atoms with Gasteiger partial charge in [0.1, 0.15) is 0 Å². The van der Waals surface area contributed by atoms with E-state index in [2.05, 4.69) is 72.9 Å². The van der Waals surface area contributed by atoms with E-state index in [0.717, 1.165) is 19.4 Å². The first-order chi connectivity index (χ1) is 9.83. The number of hydrogen-bond acceptors (Lipinski definition) is 1. The Labute approximate surface area is 121 Å². The maximum Gasteiger partial charge on any atom is 0.0208 e. The molecule has 1 heteroatoms. The molecule has 1 N–H and O–H groups in total. The maximum absolute atomic E-state index is 3.62. The molecule has 1 aliphatic rings. The second-order valence-electron chi connectivity index (χ2n) is 5.56. The van der Waals surface area contributed by atoms with Crippen LogP contribution in [0.15, 0.2) is 60.7 Å². The number of allylic oxidation sites excluding steroid dienone is 1. The summed E-state index contributed by atoms with van der Waals surface area (Å²) in [6, 6.07) is 19.8. The largest absolute Gasteiger partial charge is 0.310 e. The summed E-state index contributed by atoms with van der Waals surface area (Å²) in [6.07, 6.45) is 4.58. The van der Waals surface area contributed by atoms with Crippen molar-refractivity contribution in [3.63, 3.8) is 0 Å². The Balaban J connectivity index is 1.56. The van der Waals surface area contributed by atoms with Crippen LogP contribution in [-0.2, 0) is 13.0 Å². The highest BCUT2D eigenvalue weighted by Gasteiger charge is 2.15. The van der Waals surface area contributed by atoms with Gasteiger partial charge in [-0.25, -0.2) is 0 Å². The van der Waals surface area contributed by atoms with Gasteiger partial charge in [-0.3, -0.25) is 0 Å². The highest BCUT2D eigenvalue weighted by molar-refractivity contribution is 5.73. The molecule has 20 heavy (non-hydrogen) atoms. The van der Waals surface area contributed by atoms with E-state index in [-0.39, 0.29) is 0 Å². The fourth-order valence-corrected chi connectivity index (χ4v) is 2.84. The third-order valence-corrected chi connectivity index (χ3v) is 3.96. The van der Waals surface area contributed by atoms with Crippen LogP contribution in [0, 0.1) is 0 Å². The van der Waals surface area contributed by atoms with Crippen molar-refractivity contribution >= 4 is 5.57 Å². The summed E-state index contributed by atoms with van der Waals surface area (Å²) in [5.41, 5.74) is 5.76. The van der Waals surface area contributed by atoms with Crippen LogP contribution in [-0.4, -0.2) is 6.04 Å². The Hall–Kier alpha value is -1.86. The monoisotopic (exact) mass is 263 g/mol. The van der Waals surface area contributed by atoms with Crippen LogP contribution < -0.4 is 5.32 Å². The van der Waals surface area contributed by atoms with Crippen LogP contribution in [0.2, 0.25) is 0 Å². The van der Waals surface area contributed by atoms with Crippen LogP contribution in [0.3, 0.4) is 0 Å². The van der Waals surface area contributed by atoms with E-state index in [9.17, 15) is 0 Å². The normalized spacial score (nSPS) is 14.8. The van der Waals surface area contributed by atoms with Gasteiger partial charge < -0.3 is 5.32 Å². The molecule has 0 fully saturated rings. The van der Waals surface area contributed by atoms with Gasteiger partial charge >= 0.3 is 0 Å². The van der Waals surface area contributed by atoms with Crippen molar-refractivity contribution in [3.8, 4) is 0 Å². The zero-order valence-electron chi connectivity index (χ0n) is 12.0. The Morgan fingerprint density at radius 3 is 2.60 bits per heavy atom. The average molecular weight is 263 g/mol. The standard InChI is InChI=1S/C19H21N/c1-15(20-14-16-7-3-2-4-8-16)13-18-12-11-17-9-5-6-10-19(17)18/h2-10,12,15,20H,11,13-14H2,1H3/t15-/m1/s1. The summed E-state index contributed by atoms with van der Waals surface area (Å²) >= 11 is 0. The Kier molecular flexibility index (Phi) is 3.98. The molecule has 1 nitrogen and oxygen atoms in total. The lowest BCUT2D eigenvalue weighted by Crippen LogP contribution is -2.25. The lowest BCUT2D eigenvalue weighted by atomic mass is 10.0. The molecule has 1 atom stereocenters. The van der Waals surface area contributed by atoms with E-state index in [1.165, 1.54) is 22.3 Å². The zero-order chi connectivity index (χ0) is 13.8. The molecule has 2 aromatic rings.